The van der Waals surface area contributed by atoms with Crippen molar-refractivity contribution in [2.24, 2.45) is 0 Å². The van der Waals surface area contributed by atoms with Crippen LogP contribution in [0.25, 0.3) is 0 Å². The monoisotopic (exact) mass is 218 g/mol. The Hall–Kier alpha value is -0.410. The summed E-state index contributed by atoms with van der Waals surface area (Å²) in [6.07, 6.45) is -0.983. The van der Waals surface area contributed by atoms with E-state index >= 15 is 0 Å². The SMILES string of the molecule is OC(CF)c1ccc(Br)cc1. The molecule has 0 aliphatic rings. The molecular formula is C8H8BrFO. The topological polar surface area (TPSA) is 20.2 Å². The highest BCUT2D eigenvalue weighted by atomic mass is 79.9. The van der Waals surface area contributed by atoms with Crippen molar-refractivity contribution in [2.45, 2.75) is 6.10 Å². The van der Waals surface area contributed by atoms with Crippen LogP contribution in [0.3, 0.4) is 0 Å². The van der Waals surface area contributed by atoms with Gasteiger partial charge in [-0.15, -0.1) is 0 Å². The molecule has 0 aliphatic heterocycles. The van der Waals surface area contributed by atoms with Crippen LogP contribution in [0.2, 0.25) is 0 Å². The fraction of sp³-hybridized carbons (Fsp3) is 0.250. The zero-order valence-corrected chi connectivity index (χ0v) is 7.38. The van der Waals surface area contributed by atoms with Crippen LogP contribution in [0.1, 0.15) is 11.7 Å². The summed E-state index contributed by atoms with van der Waals surface area (Å²) >= 11 is 3.24. The lowest BCUT2D eigenvalue weighted by Crippen LogP contribution is -1.97. The fourth-order valence-corrected chi connectivity index (χ4v) is 1.04. The Bertz CT molecular complexity index is 222. The summed E-state index contributed by atoms with van der Waals surface area (Å²) in [7, 11) is 0. The van der Waals surface area contributed by atoms with E-state index in [1.807, 2.05) is 0 Å². The van der Waals surface area contributed by atoms with Gasteiger partial charge < -0.3 is 5.11 Å². The minimum absolute atomic E-state index is 0.607. The molecule has 0 spiro atoms. The highest BCUT2D eigenvalue weighted by molar-refractivity contribution is 9.10. The van der Waals surface area contributed by atoms with Gasteiger partial charge in [0.05, 0.1) is 0 Å². The zero-order chi connectivity index (χ0) is 8.27. The van der Waals surface area contributed by atoms with Crippen LogP contribution in [0.15, 0.2) is 28.7 Å². The van der Waals surface area contributed by atoms with E-state index in [2.05, 4.69) is 15.9 Å². The molecule has 0 saturated heterocycles. The van der Waals surface area contributed by atoms with E-state index in [0.717, 1.165) is 4.47 Å². The Balaban J connectivity index is 2.81. The second-order valence-corrected chi connectivity index (χ2v) is 3.14. The van der Waals surface area contributed by atoms with E-state index < -0.39 is 12.8 Å². The molecule has 0 amide bonds. The second kappa shape index (κ2) is 3.83. The third-order valence-corrected chi connectivity index (χ3v) is 1.93. The van der Waals surface area contributed by atoms with Crippen molar-refractivity contribution in [2.75, 3.05) is 6.67 Å². The Morgan fingerprint density at radius 1 is 1.36 bits per heavy atom. The quantitative estimate of drug-likeness (QED) is 0.809. The molecule has 1 rings (SSSR count). The van der Waals surface area contributed by atoms with Crippen molar-refractivity contribution in [1.82, 2.24) is 0 Å². The summed E-state index contributed by atoms with van der Waals surface area (Å²) < 4.78 is 12.8. The Morgan fingerprint density at radius 2 is 1.91 bits per heavy atom. The van der Waals surface area contributed by atoms with Crippen molar-refractivity contribution in [1.29, 1.82) is 0 Å². The van der Waals surface area contributed by atoms with E-state index in [0.29, 0.717) is 5.56 Å². The molecule has 0 saturated carbocycles. The van der Waals surface area contributed by atoms with Crippen molar-refractivity contribution in [3.05, 3.63) is 34.3 Å². The maximum atomic E-state index is 11.9. The molecule has 0 fully saturated rings. The molecule has 0 aliphatic carbocycles. The first-order valence-corrected chi connectivity index (χ1v) is 4.03. The van der Waals surface area contributed by atoms with Gasteiger partial charge in [-0.1, -0.05) is 28.1 Å². The first-order chi connectivity index (χ1) is 5.24. The van der Waals surface area contributed by atoms with E-state index in [1.54, 1.807) is 24.3 Å². The number of alkyl halides is 1. The van der Waals surface area contributed by atoms with Gasteiger partial charge in [0.2, 0.25) is 0 Å². The van der Waals surface area contributed by atoms with Gasteiger partial charge >= 0.3 is 0 Å². The summed E-state index contributed by atoms with van der Waals surface area (Å²) in [6.45, 7) is -0.734. The molecule has 0 heterocycles. The molecular weight excluding hydrogens is 211 g/mol. The molecule has 1 N–H and O–H groups in total. The smallest absolute Gasteiger partial charge is 0.119 e. The highest BCUT2D eigenvalue weighted by Gasteiger charge is 2.04. The molecule has 1 atom stereocenters. The van der Waals surface area contributed by atoms with Crippen LogP contribution < -0.4 is 0 Å². The lowest BCUT2D eigenvalue weighted by molar-refractivity contribution is 0.142. The third-order valence-electron chi connectivity index (χ3n) is 1.40. The normalized spacial score (nSPS) is 13.0. The largest absolute Gasteiger partial charge is 0.386 e. The summed E-state index contributed by atoms with van der Waals surface area (Å²) in [5.74, 6) is 0. The first kappa shape index (κ1) is 8.68. The molecule has 0 aromatic heterocycles. The van der Waals surface area contributed by atoms with E-state index in [9.17, 15) is 4.39 Å². The predicted molar refractivity (Wildman–Crippen MR) is 45.1 cm³/mol. The molecule has 0 radical (unpaired) electrons. The molecule has 60 valence electrons. The average molecular weight is 219 g/mol. The number of benzene rings is 1. The van der Waals surface area contributed by atoms with Gasteiger partial charge in [-0.05, 0) is 17.7 Å². The minimum Gasteiger partial charge on any atom is -0.386 e. The van der Waals surface area contributed by atoms with Crippen molar-refractivity contribution < 1.29 is 9.50 Å². The van der Waals surface area contributed by atoms with Gasteiger partial charge in [-0.2, -0.15) is 0 Å². The van der Waals surface area contributed by atoms with Crippen LogP contribution in [0.4, 0.5) is 4.39 Å². The number of aliphatic hydroxyl groups is 1. The van der Waals surface area contributed by atoms with Gasteiger partial charge in [-0.25, -0.2) is 4.39 Å². The second-order valence-electron chi connectivity index (χ2n) is 2.22. The summed E-state index contributed by atoms with van der Waals surface area (Å²) in [6, 6.07) is 6.92. The Morgan fingerprint density at radius 3 is 2.36 bits per heavy atom. The molecule has 0 bridgehead atoms. The molecule has 1 aromatic carbocycles. The summed E-state index contributed by atoms with van der Waals surface area (Å²) in [5.41, 5.74) is 0.607. The van der Waals surface area contributed by atoms with Gasteiger partial charge in [0.25, 0.3) is 0 Å². The lowest BCUT2D eigenvalue weighted by Gasteiger charge is -2.04. The Labute approximate surface area is 73.0 Å². The number of aliphatic hydroxyl groups excluding tert-OH is 1. The first-order valence-electron chi connectivity index (χ1n) is 3.23. The van der Waals surface area contributed by atoms with E-state index in [4.69, 9.17) is 5.11 Å². The van der Waals surface area contributed by atoms with Crippen LogP contribution in [0.5, 0.6) is 0 Å². The van der Waals surface area contributed by atoms with E-state index in [-0.39, 0.29) is 0 Å². The zero-order valence-electron chi connectivity index (χ0n) is 5.80. The molecule has 3 heteroatoms. The third kappa shape index (κ3) is 2.27. The predicted octanol–water partition coefficient (Wildman–Crippen LogP) is 2.45. The standard InChI is InChI=1S/C8H8BrFO/c9-7-3-1-6(2-4-7)8(11)5-10/h1-4,8,11H,5H2. The van der Waals surface area contributed by atoms with Gasteiger partial charge in [0.15, 0.2) is 0 Å². The summed E-state index contributed by atoms with van der Waals surface area (Å²) in [4.78, 5) is 0. The summed E-state index contributed by atoms with van der Waals surface area (Å²) in [5, 5.41) is 9.03. The number of hydrogen-bond acceptors (Lipinski definition) is 1. The fourth-order valence-electron chi connectivity index (χ4n) is 0.774. The van der Waals surface area contributed by atoms with Gasteiger partial charge in [-0.3, -0.25) is 0 Å². The van der Waals surface area contributed by atoms with E-state index in [1.165, 1.54) is 0 Å². The minimum atomic E-state index is -0.983. The Kier molecular flexibility index (Phi) is 3.02. The maximum Gasteiger partial charge on any atom is 0.119 e. The number of halogens is 2. The lowest BCUT2D eigenvalue weighted by atomic mass is 10.1. The van der Waals surface area contributed by atoms with Crippen LogP contribution in [-0.2, 0) is 0 Å². The van der Waals surface area contributed by atoms with Crippen LogP contribution >= 0.6 is 15.9 Å². The van der Waals surface area contributed by atoms with Crippen molar-refractivity contribution >= 4 is 15.9 Å². The number of rotatable bonds is 2. The maximum absolute atomic E-state index is 11.9. The molecule has 11 heavy (non-hydrogen) atoms. The average Bonchev–Trinajstić information content (AvgIpc) is 2.05. The van der Waals surface area contributed by atoms with Crippen LogP contribution in [-0.4, -0.2) is 11.8 Å². The molecule has 1 aromatic rings. The molecule has 1 unspecified atom stereocenters. The van der Waals surface area contributed by atoms with Gasteiger partial charge in [0.1, 0.15) is 12.8 Å². The van der Waals surface area contributed by atoms with Gasteiger partial charge in [0, 0.05) is 4.47 Å². The van der Waals surface area contributed by atoms with Crippen molar-refractivity contribution in [3.8, 4) is 0 Å². The number of hydrogen-bond donors (Lipinski definition) is 1. The van der Waals surface area contributed by atoms with Crippen molar-refractivity contribution in [3.63, 3.8) is 0 Å². The molecule has 1 nitrogen and oxygen atoms in total. The highest BCUT2D eigenvalue weighted by Crippen LogP contribution is 2.16. The van der Waals surface area contributed by atoms with Crippen LogP contribution in [0, 0.1) is 0 Å².